The number of anilines is 1. The zero-order chi connectivity index (χ0) is 20.3. The van der Waals surface area contributed by atoms with Crippen molar-refractivity contribution in [3.63, 3.8) is 0 Å². The van der Waals surface area contributed by atoms with Crippen molar-refractivity contribution in [2.75, 3.05) is 31.2 Å². The Bertz CT molecular complexity index is 997. The van der Waals surface area contributed by atoms with E-state index in [4.69, 9.17) is 16.3 Å². The van der Waals surface area contributed by atoms with Gasteiger partial charge in [-0.3, -0.25) is 4.98 Å². The number of ether oxygens (including phenoxy) is 1. The molecule has 4 nitrogen and oxygen atoms in total. The number of hydrogen-bond donors (Lipinski definition) is 1. The van der Waals surface area contributed by atoms with Crippen molar-refractivity contribution in [2.45, 2.75) is 31.3 Å². The predicted octanol–water partition coefficient (Wildman–Crippen LogP) is 4.70. The van der Waals surface area contributed by atoms with Gasteiger partial charge in [0.1, 0.15) is 0 Å². The minimum Gasteiger partial charge on any atom is -0.379 e. The lowest BCUT2D eigenvalue weighted by Crippen LogP contribution is -2.48. The van der Waals surface area contributed by atoms with E-state index in [1.807, 2.05) is 18.3 Å². The Hall–Kier alpha value is -2.14. The highest BCUT2D eigenvalue weighted by molar-refractivity contribution is 6.33. The molecule has 1 N–H and O–H groups in total. The van der Waals surface area contributed by atoms with Crippen LogP contribution < -0.4 is 10.2 Å². The molecular formula is C25H28ClN3O. The largest absolute Gasteiger partial charge is 0.379 e. The van der Waals surface area contributed by atoms with Crippen molar-refractivity contribution in [1.82, 2.24) is 10.3 Å². The molecule has 2 aliphatic heterocycles. The van der Waals surface area contributed by atoms with E-state index < -0.39 is 0 Å². The summed E-state index contributed by atoms with van der Waals surface area (Å²) in [4.78, 5) is 6.92. The molecule has 0 bridgehead atoms. The summed E-state index contributed by atoms with van der Waals surface area (Å²) in [6.45, 7) is 3.70. The number of aromatic nitrogens is 1. The Labute approximate surface area is 183 Å². The van der Waals surface area contributed by atoms with Crippen LogP contribution in [0.5, 0.6) is 0 Å². The first kappa shape index (κ1) is 19.8. The molecule has 0 amide bonds. The van der Waals surface area contributed by atoms with Crippen molar-refractivity contribution >= 4 is 28.2 Å². The van der Waals surface area contributed by atoms with E-state index in [1.165, 1.54) is 10.9 Å². The van der Waals surface area contributed by atoms with Gasteiger partial charge in [0.25, 0.3) is 0 Å². The molecule has 0 saturated carbocycles. The summed E-state index contributed by atoms with van der Waals surface area (Å²) >= 11 is 6.39. The second-order valence-electron chi connectivity index (χ2n) is 8.47. The van der Waals surface area contributed by atoms with E-state index >= 15 is 0 Å². The summed E-state index contributed by atoms with van der Waals surface area (Å²) in [5, 5.41) is 6.03. The van der Waals surface area contributed by atoms with Gasteiger partial charge in [0.05, 0.1) is 29.4 Å². The topological polar surface area (TPSA) is 37.4 Å². The molecular weight excluding hydrogens is 394 g/mol. The maximum absolute atomic E-state index is 6.39. The van der Waals surface area contributed by atoms with E-state index in [2.05, 4.69) is 57.7 Å². The standard InChI is InChI=1S/C25H28ClN3O/c26-22-6-2-4-8-25(22)29-13-10-20(11-14-29)28-24-17-30-16-19(24)15-18-9-12-27-23-7-3-1-5-21(18)23/h1-9,12,19-20,24,28H,10-11,13-17H2/t19-,24-/m1/s1. The third kappa shape index (κ3) is 4.18. The molecule has 2 saturated heterocycles. The highest BCUT2D eigenvalue weighted by Crippen LogP contribution is 2.29. The van der Waals surface area contributed by atoms with Crippen LogP contribution in [0.4, 0.5) is 5.69 Å². The van der Waals surface area contributed by atoms with Gasteiger partial charge in [-0.2, -0.15) is 0 Å². The average molecular weight is 422 g/mol. The van der Waals surface area contributed by atoms with Gasteiger partial charge in [-0.15, -0.1) is 0 Å². The zero-order valence-electron chi connectivity index (χ0n) is 17.1. The van der Waals surface area contributed by atoms with E-state index in [0.717, 1.165) is 61.8 Å². The number of nitrogens with one attached hydrogen (secondary N) is 1. The van der Waals surface area contributed by atoms with E-state index in [1.54, 1.807) is 0 Å². The van der Waals surface area contributed by atoms with Crippen molar-refractivity contribution in [2.24, 2.45) is 5.92 Å². The molecule has 2 atom stereocenters. The number of halogens is 1. The maximum atomic E-state index is 6.39. The fourth-order valence-corrected chi connectivity index (χ4v) is 5.15. The second-order valence-corrected chi connectivity index (χ2v) is 8.88. The lowest BCUT2D eigenvalue weighted by atomic mass is 9.92. The molecule has 0 spiro atoms. The first-order valence-electron chi connectivity index (χ1n) is 10.9. The fraction of sp³-hybridized carbons (Fsp3) is 0.400. The van der Waals surface area contributed by atoms with Crippen LogP contribution in [0.15, 0.2) is 60.8 Å². The number of piperidine rings is 1. The fourth-order valence-electron chi connectivity index (χ4n) is 4.90. The van der Waals surface area contributed by atoms with Crippen LogP contribution >= 0.6 is 11.6 Å². The van der Waals surface area contributed by atoms with Crippen LogP contribution in [-0.4, -0.2) is 43.4 Å². The highest BCUT2D eigenvalue weighted by atomic mass is 35.5. The smallest absolute Gasteiger partial charge is 0.0704 e. The normalized spacial score (nSPS) is 22.6. The van der Waals surface area contributed by atoms with Crippen molar-refractivity contribution < 1.29 is 4.74 Å². The molecule has 2 aliphatic rings. The number of para-hydroxylation sites is 2. The Balaban J connectivity index is 1.21. The van der Waals surface area contributed by atoms with E-state index in [0.29, 0.717) is 18.0 Å². The molecule has 156 valence electrons. The third-order valence-corrected chi connectivity index (χ3v) is 6.88. The first-order valence-corrected chi connectivity index (χ1v) is 11.3. The molecule has 3 aromatic rings. The molecule has 2 fully saturated rings. The second kappa shape index (κ2) is 8.93. The van der Waals surface area contributed by atoms with Gasteiger partial charge in [-0.25, -0.2) is 0 Å². The Kier molecular flexibility index (Phi) is 5.89. The van der Waals surface area contributed by atoms with Gasteiger partial charge in [-0.1, -0.05) is 41.9 Å². The van der Waals surface area contributed by atoms with Crippen LogP contribution in [0.1, 0.15) is 18.4 Å². The lowest BCUT2D eigenvalue weighted by molar-refractivity contribution is 0.181. The lowest BCUT2D eigenvalue weighted by Gasteiger charge is -2.36. The SMILES string of the molecule is Clc1ccccc1N1CCC(N[C@@H]2COC[C@H]2Cc2ccnc3ccccc23)CC1. The monoisotopic (exact) mass is 421 g/mol. The first-order chi connectivity index (χ1) is 14.8. The molecule has 0 radical (unpaired) electrons. The molecule has 5 rings (SSSR count). The van der Waals surface area contributed by atoms with Gasteiger partial charge in [-0.05, 0) is 49.1 Å². The van der Waals surface area contributed by atoms with Gasteiger partial charge in [0.15, 0.2) is 0 Å². The number of pyridine rings is 1. The maximum Gasteiger partial charge on any atom is 0.0704 e. The molecule has 1 aromatic heterocycles. The van der Waals surface area contributed by atoms with Gasteiger partial charge >= 0.3 is 0 Å². The number of benzene rings is 2. The number of hydrogen-bond acceptors (Lipinski definition) is 4. The minimum atomic E-state index is 0.411. The summed E-state index contributed by atoms with van der Waals surface area (Å²) in [6.07, 6.45) is 5.22. The van der Waals surface area contributed by atoms with Crippen LogP contribution in [0.2, 0.25) is 5.02 Å². The van der Waals surface area contributed by atoms with Gasteiger partial charge in [0.2, 0.25) is 0 Å². The number of fused-ring (bicyclic) bond motifs is 1. The summed E-state index contributed by atoms with van der Waals surface area (Å²) < 4.78 is 5.90. The number of nitrogens with zero attached hydrogens (tertiary/aromatic N) is 2. The summed E-state index contributed by atoms with van der Waals surface area (Å²) in [7, 11) is 0. The average Bonchev–Trinajstić information content (AvgIpc) is 3.21. The van der Waals surface area contributed by atoms with E-state index in [9.17, 15) is 0 Å². The predicted molar refractivity (Wildman–Crippen MR) is 123 cm³/mol. The van der Waals surface area contributed by atoms with Crippen LogP contribution in [-0.2, 0) is 11.2 Å². The van der Waals surface area contributed by atoms with Crippen LogP contribution in [0, 0.1) is 5.92 Å². The Morgan fingerprint density at radius 2 is 1.80 bits per heavy atom. The zero-order valence-corrected chi connectivity index (χ0v) is 17.9. The molecule has 30 heavy (non-hydrogen) atoms. The van der Waals surface area contributed by atoms with Crippen molar-refractivity contribution in [3.8, 4) is 0 Å². The molecule has 3 heterocycles. The Morgan fingerprint density at radius 3 is 2.67 bits per heavy atom. The molecule has 2 aromatic carbocycles. The summed E-state index contributed by atoms with van der Waals surface area (Å²) in [5.41, 5.74) is 3.60. The van der Waals surface area contributed by atoms with Gasteiger partial charge in [0, 0.05) is 42.7 Å². The number of rotatable bonds is 5. The molecule has 5 heteroatoms. The van der Waals surface area contributed by atoms with Gasteiger partial charge < -0.3 is 15.0 Å². The summed E-state index contributed by atoms with van der Waals surface area (Å²) in [6, 6.07) is 19.7. The van der Waals surface area contributed by atoms with Crippen molar-refractivity contribution in [1.29, 1.82) is 0 Å². The highest BCUT2D eigenvalue weighted by Gasteiger charge is 2.31. The molecule has 0 aliphatic carbocycles. The van der Waals surface area contributed by atoms with E-state index in [-0.39, 0.29) is 0 Å². The third-order valence-electron chi connectivity index (χ3n) is 6.56. The van der Waals surface area contributed by atoms with Crippen LogP contribution in [0.3, 0.4) is 0 Å². The quantitative estimate of drug-likeness (QED) is 0.647. The Morgan fingerprint density at radius 1 is 1.00 bits per heavy atom. The minimum absolute atomic E-state index is 0.411. The van der Waals surface area contributed by atoms with Crippen LogP contribution in [0.25, 0.3) is 10.9 Å². The molecule has 0 unspecified atom stereocenters. The van der Waals surface area contributed by atoms with Crippen molar-refractivity contribution in [3.05, 3.63) is 71.4 Å². The summed E-state index contributed by atoms with van der Waals surface area (Å²) in [5.74, 6) is 0.498.